The molecule has 3 heterocycles. The smallest absolute Gasteiger partial charge is 0.376 e. The molecule has 1 aliphatic heterocycles. The monoisotopic (exact) mass is 429 g/mol. The van der Waals surface area contributed by atoms with E-state index >= 15 is 0 Å². The van der Waals surface area contributed by atoms with Crippen LogP contribution in [0.15, 0.2) is 23.4 Å². The molecule has 0 radical (unpaired) electrons. The number of piperidine rings is 1. The molecule has 0 aromatic carbocycles. The molecule has 6 nitrogen and oxygen atoms in total. The van der Waals surface area contributed by atoms with Crippen molar-refractivity contribution in [2.45, 2.75) is 36.1 Å². The van der Waals surface area contributed by atoms with Crippen molar-refractivity contribution >= 4 is 29.0 Å². The summed E-state index contributed by atoms with van der Waals surface area (Å²) in [7, 11) is 0. The van der Waals surface area contributed by atoms with Crippen LogP contribution in [0.5, 0.6) is 0 Å². The number of hydrogen-bond acceptors (Lipinski definition) is 5. The van der Waals surface area contributed by atoms with Gasteiger partial charge in [-0.2, -0.15) is 13.2 Å². The summed E-state index contributed by atoms with van der Waals surface area (Å²) in [5, 5.41) is 8.28. The molecule has 1 aliphatic rings. The van der Waals surface area contributed by atoms with Crippen LogP contribution in [-0.4, -0.2) is 52.6 Å². The zero-order chi connectivity index (χ0) is 21.0. The molecular weight excluding hydrogens is 410 g/mol. The van der Waals surface area contributed by atoms with Gasteiger partial charge < -0.3 is 16.0 Å². The summed E-state index contributed by atoms with van der Waals surface area (Å²) >= 11 is -0.318. The highest BCUT2D eigenvalue weighted by Gasteiger charge is 2.33. The van der Waals surface area contributed by atoms with Crippen LogP contribution in [0.4, 0.5) is 23.2 Å². The van der Waals surface area contributed by atoms with Crippen molar-refractivity contribution in [1.82, 2.24) is 20.0 Å². The van der Waals surface area contributed by atoms with Crippen LogP contribution in [0.2, 0.25) is 0 Å². The molecule has 0 saturated carbocycles. The molecule has 1 fully saturated rings. The van der Waals surface area contributed by atoms with Crippen molar-refractivity contribution in [2.75, 3.05) is 25.0 Å². The molecule has 29 heavy (non-hydrogen) atoms. The summed E-state index contributed by atoms with van der Waals surface area (Å²) in [6.07, 6.45) is 0.867. The van der Waals surface area contributed by atoms with E-state index in [-0.39, 0.29) is 47.1 Å². The van der Waals surface area contributed by atoms with Crippen molar-refractivity contribution in [3.8, 4) is 11.8 Å². The van der Waals surface area contributed by atoms with Crippen LogP contribution >= 0.6 is 11.8 Å². The first-order valence-corrected chi connectivity index (χ1v) is 9.67. The summed E-state index contributed by atoms with van der Waals surface area (Å²) < 4.78 is 54.7. The van der Waals surface area contributed by atoms with Crippen molar-refractivity contribution in [2.24, 2.45) is 0 Å². The number of amides is 1. The van der Waals surface area contributed by atoms with Gasteiger partial charge in [0, 0.05) is 31.4 Å². The zero-order valence-corrected chi connectivity index (χ0v) is 16.3. The van der Waals surface area contributed by atoms with Crippen LogP contribution in [0.25, 0.3) is 5.65 Å². The first kappa shape index (κ1) is 21.3. The maximum Gasteiger partial charge on any atom is 0.447 e. The highest BCUT2D eigenvalue weighted by Crippen LogP contribution is 2.39. The third-order valence-corrected chi connectivity index (χ3v) is 5.01. The first-order chi connectivity index (χ1) is 13.7. The molecule has 11 heteroatoms. The minimum Gasteiger partial charge on any atom is -0.376 e. The second-order valence-electron chi connectivity index (χ2n) is 6.40. The fourth-order valence-electron chi connectivity index (χ4n) is 2.93. The predicted molar refractivity (Wildman–Crippen MR) is 102 cm³/mol. The lowest BCUT2D eigenvalue weighted by Crippen LogP contribution is -2.45. The Hall–Kier alpha value is -2.45. The summed E-state index contributed by atoms with van der Waals surface area (Å²) in [4.78, 5) is 15.2. The largest absolute Gasteiger partial charge is 0.447 e. The summed E-state index contributed by atoms with van der Waals surface area (Å²) in [6.45, 7) is 2.16. The quantitative estimate of drug-likeness (QED) is 0.396. The molecule has 0 bridgehead atoms. The number of anilines is 1. The Morgan fingerprint density at radius 2 is 2.28 bits per heavy atom. The lowest BCUT2D eigenvalue weighted by atomic mass is 10.0. The molecule has 1 saturated heterocycles. The molecule has 0 spiro atoms. The van der Waals surface area contributed by atoms with Crippen LogP contribution in [0.3, 0.4) is 0 Å². The van der Waals surface area contributed by atoms with E-state index in [1.807, 2.05) is 0 Å². The molecule has 2 atom stereocenters. The third kappa shape index (κ3) is 5.55. The van der Waals surface area contributed by atoms with Gasteiger partial charge in [0.05, 0.1) is 18.3 Å². The molecule has 2 aromatic rings. The number of imidazole rings is 1. The Kier molecular flexibility index (Phi) is 6.54. The summed E-state index contributed by atoms with van der Waals surface area (Å²) in [6, 6.07) is 2.75. The number of hydrogen-bond donors (Lipinski definition) is 3. The number of pyridine rings is 1. The molecule has 3 N–H and O–H groups in total. The van der Waals surface area contributed by atoms with E-state index in [0.29, 0.717) is 18.7 Å². The van der Waals surface area contributed by atoms with E-state index in [1.54, 1.807) is 12.1 Å². The zero-order valence-electron chi connectivity index (χ0n) is 15.4. The van der Waals surface area contributed by atoms with Crippen molar-refractivity contribution in [3.63, 3.8) is 0 Å². The van der Waals surface area contributed by atoms with Gasteiger partial charge >= 0.3 is 5.51 Å². The number of thioether (sulfide) groups is 1. The number of halogens is 4. The van der Waals surface area contributed by atoms with Crippen molar-refractivity contribution < 1.29 is 22.4 Å². The van der Waals surface area contributed by atoms with E-state index in [0.717, 1.165) is 0 Å². The first-order valence-electron chi connectivity index (χ1n) is 8.86. The highest BCUT2D eigenvalue weighted by molar-refractivity contribution is 8.00. The maximum atomic E-state index is 14.1. The van der Waals surface area contributed by atoms with Gasteiger partial charge in [-0.1, -0.05) is 5.92 Å². The molecule has 0 aliphatic carbocycles. The number of rotatable bonds is 4. The average Bonchev–Trinajstić information content (AvgIpc) is 2.97. The molecule has 0 unspecified atom stereocenters. The lowest BCUT2D eigenvalue weighted by Gasteiger charge is -2.28. The molecule has 3 rings (SSSR count). The number of nitrogens with one attached hydrogen (secondary N) is 3. The second kappa shape index (κ2) is 8.92. The van der Waals surface area contributed by atoms with Crippen molar-refractivity contribution in [3.05, 3.63) is 24.0 Å². The van der Waals surface area contributed by atoms with Crippen LogP contribution in [-0.2, 0) is 4.79 Å². The van der Waals surface area contributed by atoms with E-state index in [4.69, 9.17) is 0 Å². The normalized spacial score (nSPS) is 19.5. The standard InChI is InChI=1S/C18H19F4N5OS/c1-11(28)24-7-2-4-15-17(29-18(20,21)22)27-9-3-5-14(16(27)26-15)25-13-6-8-23-10-12(13)19/h3,5,9,12-13,23,25H,6-8,10H2,1H3,(H,24,28)/t12-,13+/m0/s1. The van der Waals surface area contributed by atoms with Gasteiger partial charge in [0.15, 0.2) is 5.65 Å². The number of alkyl halides is 4. The third-order valence-electron chi connectivity index (χ3n) is 4.20. The SMILES string of the molecule is CC(=O)NCC#Cc1nc2c(N[C@@H]3CCNC[C@@H]3F)cccn2c1SC(F)(F)F. The minimum atomic E-state index is -4.54. The molecule has 2 aromatic heterocycles. The number of carbonyl (C=O) groups excluding carboxylic acids is 1. The number of carbonyl (C=O) groups is 1. The van der Waals surface area contributed by atoms with Gasteiger partial charge in [-0.05, 0) is 31.0 Å². The van der Waals surface area contributed by atoms with Gasteiger partial charge in [0.25, 0.3) is 0 Å². The molecule has 1 amide bonds. The lowest BCUT2D eigenvalue weighted by molar-refractivity contribution is -0.118. The van der Waals surface area contributed by atoms with Crippen LogP contribution < -0.4 is 16.0 Å². The Morgan fingerprint density at radius 3 is 2.97 bits per heavy atom. The van der Waals surface area contributed by atoms with E-state index in [1.165, 1.54) is 17.5 Å². The fourth-order valence-corrected chi connectivity index (χ4v) is 3.59. The summed E-state index contributed by atoms with van der Waals surface area (Å²) in [5.41, 5.74) is -3.93. The predicted octanol–water partition coefficient (Wildman–Crippen LogP) is 2.55. The summed E-state index contributed by atoms with van der Waals surface area (Å²) in [5.74, 6) is 4.89. The molecular formula is C18H19F4N5OS. The minimum absolute atomic E-state index is 0.0109. The Morgan fingerprint density at radius 1 is 1.48 bits per heavy atom. The van der Waals surface area contributed by atoms with Crippen molar-refractivity contribution in [1.29, 1.82) is 0 Å². The number of aromatic nitrogens is 2. The van der Waals surface area contributed by atoms with E-state index < -0.39 is 17.7 Å². The van der Waals surface area contributed by atoms with E-state index in [9.17, 15) is 22.4 Å². The van der Waals surface area contributed by atoms with Crippen LogP contribution in [0.1, 0.15) is 19.0 Å². The maximum absolute atomic E-state index is 14.1. The van der Waals surface area contributed by atoms with Gasteiger partial charge in [-0.15, -0.1) is 0 Å². The Bertz CT molecular complexity index is 949. The van der Waals surface area contributed by atoms with Gasteiger partial charge in [-0.25, -0.2) is 9.37 Å². The molecule has 156 valence electrons. The Balaban J connectivity index is 1.98. The number of fused-ring (bicyclic) bond motifs is 1. The topological polar surface area (TPSA) is 70.5 Å². The van der Waals surface area contributed by atoms with E-state index in [2.05, 4.69) is 32.8 Å². The fraction of sp³-hybridized carbons (Fsp3) is 0.444. The van der Waals surface area contributed by atoms with Crippen LogP contribution in [0, 0.1) is 11.8 Å². The van der Waals surface area contributed by atoms with Gasteiger partial charge in [0.2, 0.25) is 5.91 Å². The Labute approximate surface area is 168 Å². The second-order valence-corrected chi connectivity index (χ2v) is 7.45. The van der Waals surface area contributed by atoms with Gasteiger partial charge in [-0.3, -0.25) is 9.20 Å². The highest BCUT2D eigenvalue weighted by atomic mass is 32.2. The number of nitrogens with zero attached hydrogens (tertiary/aromatic N) is 2. The average molecular weight is 429 g/mol. The van der Waals surface area contributed by atoms with Gasteiger partial charge in [0.1, 0.15) is 16.9 Å².